The number of carboxylic acid groups (broad SMARTS) is 1. The van der Waals surface area contributed by atoms with Gasteiger partial charge in [0.15, 0.2) is 0 Å². The third kappa shape index (κ3) is 2.75. The van der Waals surface area contributed by atoms with Gasteiger partial charge in [-0.05, 0) is 40.9 Å². The molecule has 0 fully saturated rings. The predicted octanol–water partition coefficient (Wildman–Crippen LogP) is 3.05. The molecular formula is C10H9BrF2O2. The van der Waals surface area contributed by atoms with Crippen LogP contribution in [0, 0.1) is 18.6 Å². The third-order valence-corrected chi connectivity index (χ3v) is 2.59. The van der Waals surface area contributed by atoms with Crippen molar-refractivity contribution in [1.82, 2.24) is 0 Å². The Morgan fingerprint density at radius 2 is 2.07 bits per heavy atom. The maximum Gasteiger partial charge on any atom is 0.303 e. The molecule has 0 saturated carbocycles. The minimum absolute atomic E-state index is 0.146. The van der Waals surface area contributed by atoms with Crippen LogP contribution in [0.1, 0.15) is 17.5 Å². The molecule has 0 atom stereocenters. The quantitative estimate of drug-likeness (QED) is 0.863. The number of halogens is 3. The molecule has 1 aromatic rings. The van der Waals surface area contributed by atoms with Crippen molar-refractivity contribution in [2.24, 2.45) is 0 Å². The highest BCUT2D eigenvalue weighted by Gasteiger charge is 2.15. The lowest BCUT2D eigenvalue weighted by Gasteiger charge is -2.07. The third-order valence-electron chi connectivity index (χ3n) is 2.02. The van der Waals surface area contributed by atoms with Gasteiger partial charge in [0.05, 0.1) is 4.47 Å². The van der Waals surface area contributed by atoms with E-state index in [1.54, 1.807) is 0 Å². The molecule has 0 aliphatic heterocycles. The zero-order valence-electron chi connectivity index (χ0n) is 7.98. The van der Waals surface area contributed by atoms with Crippen LogP contribution < -0.4 is 0 Å². The van der Waals surface area contributed by atoms with Gasteiger partial charge in [-0.25, -0.2) is 8.78 Å². The monoisotopic (exact) mass is 278 g/mol. The predicted molar refractivity (Wildman–Crippen MR) is 54.8 cm³/mol. The molecule has 2 nitrogen and oxygen atoms in total. The number of aliphatic carboxylic acids is 1. The maximum absolute atomic E-state index is 13.4. The molecule has 1 rings (SSSR count). The molecule has 0 spiro atoms. The zero-order valence-corrected chi connectivity index (χ0v) is 9.57. The summed E-state index contributed by atoms with van der Waals surface area (Å²) in [5.74, 6) is -2.47. The second-order valence-corrected chi connectivity index (χ2v) is 4.03. The number of rotatable bonds is 3. The average molecular weight is 279 g/mol. The summed E-state index contributed by atoms with van der Waals surface area (Å²) in [6, 6.07) is 1.33. The summed E-state index contributed by atoms with van der Waals surface area (Å²) >= 11 is 2.95. The SMILES string of the molecule is Cc1cc(Br)c(F)c(CCC(=O)O)c1F. The van der Waals surface area contributed by atoms with Crippen molar-refractivity contribution in [2.75, 3.05) is 0 Å². The molecule has 0 amide bonds. The molecule has 15 heavy (non-hydrogen) atoms. The summed E-state index contributed by atoms with van der Waals surface area (Å²) in [4.78, 5) is 10.3. The fourth-order valence-corrected chi connectivity index (χ4v) is 1.83. The van der Waals surface area contributed by atoms with E-state index in [2.05, 4.69) is 15.9 Å². The first-order valence-corrected chi connectivity index (χ1v) is 5.07. The van der Waals surface area contributed by atoms with Gasteiger partial charge in [-0.2, -0.15) is 0 Å². The normalized spacial score (nSPS) is 10.4. The van der Waals surface area contributed by atoms with E-state index in [4.69, 9.17) is 5.11 Å². The first-order chi connectivity index (χ1) is 6.93. The number of hydrogen-bond donors (Lipinski definition) is 1. The van der Waals surface area contributed by atoms with E-state index in [9.17, 15) is 13.6 Å². The maximum atomic E-state index is 13.4. The van der Waals surface area contributed by atoms with E-state index in [-0.39, 0.29) is 22.9 Å². The van der Waals surface area contributed by atoms with Gasteiger partial charge < -0.3 is 5.11 Å². The first-order valence-electron chi connectivity index (χ1n) is 4.28. The fraction of sp³-hybridized carbons (Fsp3) is 0.300. The van der Waals surface area contributed by atoms with E-state index < -0.39 is 17.6 Å². The minimum Gasteiger partial charge on any atom is -0.481 e. The summed E-state index contributed by atoms with van der Waals surface area (Å²) in [6.07, 6.45) is -0.434. The fourth-order valence-electron chi connectivity index (χ4n) is 1.25. The van der Waals surface area contributed by atoms with Gasteiger partial charge in [0.1, 0.15) is 11.6 Å². The summed E-state index contributed by atoms with van der Waals surface area (Å²) in [7, 11) is 0. The zero-order chi connectivity index (χ0) is 11.6. The van der Waals surface area contributed by atoms with Crippen molar-refractivity contribution in [2.45, 2.75) is 19.8 Å². The Morgan fingerprint density at radius 1 is 1.47 bits per heavy atom. The first kappa shape index (κ1) is 12.1. The molecule has 0 saturated heterocycles. The topological polar surface area (TPSA) is 37.3 Å². The molecule has 0 aliphatic rings. The molecule has 82 valence electrons. The summed E-state index contributed by atoms with van der Waals surface area (Å²) in [6.45, 7) is 1.50. The Morgan fingerprint density at radius 3 is 2.60 bits per heavy atom. The van der Waals surface area contributed by atoms with Crippen LogP contribution in [-0.4, -0.2) is 11.1 Å². The molecule has 0 bridgehead atoms. The number of benzene rings is 1. The lowest BCUT2D eigenvalue weighted by Crippen LogP contribution is -2.04. The van der Waals surface area contributed by atoms with Gasteiger partial charge in [0, 0.05) is 12.0 Å². The molecule has 0 aromatic heterocycles. The van der Waals surface area contributed by atoms with Crippen LogP contribution in [0.2, 0.25) is 0 Å². The van der Waals surface area contributed by atoms with Gasteiger partial charge in [-0.15, -0.1) is 0 Å². The van der Waals surface area contributed by atoms with Crippen molar-refractivity contribution in [1.29, 1.82) is 0 Å². The van der Waals surface area contributed by atoms with Gasteiger partial charge in [-0.3, -0.25) is 4.79 Å². The second-order valence-electron chi connectivity index (χ2n) is 3.18. The van der Waals surface area contributed by atoms with Crippen LogP contribution in [0.15, 0.2) is 10.5 Å². The molecule has 0 aliphatic carbocycles. The largest absolute Gasteiger partial charge is 0.481 e. The highest BCUT2D eigenvalue weighted by molar-refractivity contribution is 9.10. The molecular weight excluding hydrogens is 270 g/mol. The van der Waals surface area contributed by atoms with Crippen molar-refractivity contribution in [3.63, 3.8) is 0 Å². The van der Waals surface area contributed by atoms with Crippen LogP contribution in [0.3, 0.4) is 0 Å². The smallest absolute Gasteiger partial charge is 0.303 e. The Kier molecular flexibility index (Phi) is 3.79. The highest BCUT2D eigenvalue weighted by Crippen LogP contribution is 2.25. The van der Waals surface area contributed by atoms with Crippen LogP contribution in [0.5, 0.6) is 0 Å². The van der Waals surface area contributed by atoms with Crippen LogP contribution >= 0.6 is 15.9 Å². The number of aryl methyl sites for hydroxylation is 1. The van der Waals surface area contributed by atoms with E-state index in [1.807, 2.05) is 0 Å². The highest BCUT2D eigenvalue weighted by atomic mass is 79.9. The Labute approximate surface area is 94.0 Å². The minimum atomic E-state index is -1.08. The number of hydrogen-bond acceptors (Lipinski definition) is 1. The van der Waals surface area contributed by atoms with Gasteiger partial charge in [0.25, 0.3) is 0 Å². The molecule has 0 radical (unpaired) electrons. The van der Waals surface area contributed by atoms with Crippen molar-refractivity contribution < 1.29 is 18.7 Å². The van der Waals surface area contributed by atoms with Crippen molar-refractivity contribution >= 4 is 21.9 Å². The van der Waals surface area contributed by atoms with Gasteiger partial charge >= 0.3 is 5.97 Å². The lowest BCUT2D eigenvalue weighted by atomic mass is 10.1. The van der Waals surface area contributed by atoms with Gasteiger partial charge in [0.2, 0.25) is 0 Å². The summed E-state index contributed by atoms with van der Waals surface area (Å²) in [5, 5.41) is 8.44. The van der Waals surface area contributed by atoms with Crippen LogP contribution in [0.4, 0.5) is 8.78 Å². The van der Waals surface area contributed by atoms with Crippen molar-refractivity contribution in [3.8, 4) is 0 Å². The van der Waals surface area contributed by atoms with E-state index in [0.29, 0.717) is 5.56 Å². The molecule has 1 aromatic carbocycles. The van der Waals surface area contributed by atoms with Crippen molar-refractivity contribution in [3.05, 3.63) is 33.3 Å². The summed E-state index contributed by atoms with van der Waals surface area (Å²) < 4.78 is 27.0. The Hall–Kier alpha value is -0.970. The molecule has 1 N–H and O–H groups in total. The molecule has 0 heterocycles. The van der Waals surface area contributed by atoms with E-state index in [0.717, 1.165) is 0 Å². The van der Waals surface area contributed by atoms with Crippen LogP contribution in [-0.2, 0) is 11.2 Å². The molecule has 5 heteroatoms. The second kappa shape index (κ2) is 4.70. The average Bonchev–Trinajstić information content (AvgIpc) is 2.14. The summed E-state index contributed by atoms with van der Waals surface area (Å²) in [5.41, 5.74) is 0.118. The van der Waals surface area contributed by atoms with E-state index in [1.165, 1.54) is 13.0 Å². The lowest BCUT2D eigenvalue weighted by molar-refractivity contribution is -0.136. The van der Waals surface area contributed by atoms with Crippen LogP contribution in [0.25, 0.3) is 0 Å². The van der Waals surface area contributed by atoms with E-state index >= 15 is 0 Å². The number of carbonyl (C=O) groups is 1. The molecule has 0 unspecified atom stereocenters. The number of carboxylic acids is 1. The Bertz CT molecular complexity index is 379. The van der Waals surface area contributed by atoms with Gasteiger partial charge in [-0.1, -0.05) is 0 Å². The Balaban J connectivity index is 3.09. The standard InChI is InChI=1S/C10H9BrF2O2/c1-5-4-7(11)10(13)6(9(5)12)2-3-8(14)15/h4H,2-3H2,1H3,(H,14,15).